The lowest BCUT2D eigenvalue weighted by atomic mass is 10.1. The summed E-state index contributed by atoms with van der Waals surface area (Å²) in [5.41, 5.74) is 10.9. The first-order valence-corrected chi connectivity index (χ1v) is 7.45. The van der Waals surface area contributed by atoms with Crippen molar-refractivity contribution in [3.05, 3.63) is 0 Å². The fourth-order valence-corrected chi connectivity index (χ4v) is 1.42. The Morgan fingerprint density at radius 3 is 1.48 bits per heavy atom. The van der Waals surface area contributed by atoms with Gasteiger partial charge in [-0.2, -0.15) is 0 Å². The van der Waals surface area contributed by atoms with Crippen LogP contribution in [0.3, 0.4) is 0 Å². The molecule has 0 aliphatic heterocycles. The molecular weight excluding hydrogens is 328 g/mol. The highest BCUT2D eigenvalue weighted by atomic mass is 35.5. The molecule has 23 heavy (non-hydrogen) atoms. The largest absolute Gasteiger partial charge is 0.466 e. The smallest absolute Gasteiger partial charge is 0.307 e. The van der Waals surface area contributed by atoms with E-state index >= 15 is 0 Å². The molecule has 0 rings (SSSR count). The van der Waals surface area contributed by atoms with Gasteiger partial charge in [0.05, 0.1) is 26.1 Å². The predicted molar refractivity (Wildman–Crippen MR) is 89.1 cm³/mol. The molecule has 0 heterocycles. The Hall–Kier alpha value is -0.930. The number of nitrogens with two attached hydrogens (primary N) is 2. The molecule has 6 N–H and O–H groups in total. The molecule has 0 aromatic heterocycles. The number of esters is 2. The first-order valence-electron chi connectivity index (χ1n) is 7.45. The Morgan fingerprint density at radius 1 is 0.870 bits per heavy atom. The van der Waals surface area contributed by atoms with Gasteiger partial charge in [-0.25, -0.2) is 0 Å². The summed E-state index contributed by atoms with van der Waals surface area (Å²) in [6.45, 7) is 4.31. The van der Waals surface area contributed by atoms with Crippen LogP contribution in [0, 0.1) is 0 Å². The van der Waals surface area contributed by atoms with Crippen LogP contribution in [0.5, 0.6) is 0 Å². The van der Waals surface area contributed by atoms with Gasteiger partial charge in [-0.05, 0) is 26.7 Å². The number of halogens is 1. The number of carbonyl (C=O) groups is 2. The third kappa shape index (κ3) is 21.1. The van der Waals surface area contributed by atoms with Gasteiger partial charge in [0, 0.05) is 25.3 Å². The summed E-state index contributed by atoms with van der Waals surface area (Å²) >= 11 is 0. The molecule has 0 saturated heterocycles. The summed E-state index contributed by atoms with van der Waals surface area (Å²) in [5.74, 6) is -0.770. The van der Waals surface area contributed by atoms with Crippen LogP contribution in [0.25, 0.3) is 0 Å². The zero-order valence-corrected chi connectivity index (χ0v) is 14.7. The van der Waals surface area contributed by atoms with Crippen LogP contribution in [0.4, 0.5) is 0 Å². The summed E-state index contributed by atoms with van der Waals surface area (Å²) in [5, 5.41) is 16.6. The van der Waals surface area contributed by atoms with Crippen molar-refractivity contribution in [2.24, 2.45) is 11.5 Å². The second-order valence-electron chi connectivity index (χ2n) is 4.56. The number of rotatable bonds is 10. The molecule has 0 spiro atoms. The second-order valence-corrected chi connectivity index (χ2v) is 4.56. The van der Waals surface area contributed by atoms with E-state index in [0.717, 1.165) is 0 Å². The minimum Gasteiger partial charge on any atom is -0.466 e. The van der Waals surface area contributed by atoms with Gasteiger partial charge in [-0.1, -0.05) is 0 Å². The number of aliphatic hydroxyl groups is 2. The Kier molecular flexibility index (Phi) is 22.4. The zero-order chi connectivity index (χ0) is 17.4. The molecule has 0 unspecified atom stereocenters. The van der Waals surface area contributed by atoms with E-state index in [1.165, 1.54) is 0 Å². The standard InChI is InChI=1S/C9H17NO4.C5H13NO2.ClH/c1-3-13-8(11)5-7(10)6-9(12)14-4-2;6-5(1-3-7)2-4-8;/h7H,3-6,10H2,1-2H3;5,7-8H,1-4,6H2;1H. The Labute approximate surface area is 143 Å². The zero-order valence-electron chi connectivity index (χ0n) is 13.9. The van der Waals surface area contributed by atoms with Gasteiger partial charge < -0.3 is 31.2 Å². The van der Waals surface area contributed by atoms with E-state index < -0.39 is 6.04 Å². The summed E-state index contributed by atoms with van der Waals surface area (Å²) in [7, 11) is 0. The highest BCUT2D eigenvalue weighted by Gasteiger charge is 2.14. The summed E-state index contributed by atoms with van der Waals surface area (Å²) < 4.78 is 9.37. The monoisotopic (exact) mass is 358 g/mol. The van der Waals surface area contributed by atoms with E-state index in [4.69, 9.17) is 21.7 Å². The average Bonchev–Trinajstić information content (AvgIpc) is 2.40. The number of carbonyl (C=O) groups excluding carboxylic acids is 2. The Balaban J connectivity index is -0.000000382. The lowest BCUT2D eigenvalue weighted by Crippen LogP contribution is -2.28. The Morgan fingerprint density at radius 2 is 1.22 bits per heavy atom. The number of aliphatic hydroxyl groups excluding tert-OH is 2. The van der Waals surface area contributed by atoms with Gasteiger partial charge in [0.25, 0.3) is 0 Å². The van der Waals surface area contributed by atoms with Gasteiger partial charge >= 0.3 is 11.9 Å². The van der Waals surface area contributed by atoms with E-state index in [2.05, 4.69) is 9.47 Å². The molecule has 0 aliphatic carbocycles. The van der Waals surface area contributed by atoms with Crippen molar-refractivity contribution in [1.29, 1.82) is 0 Å². The van der Waals surface area contributed by atoms with E-state index in [1.54, 1.807) is 13.8 Å². The number of ether oxygens (including phenoxy) is 2. The van der Waals surface area contributed by atoms with Crippen molar-refractivity contribution in [2.45, 2.75) is 51.6 Å². The molecule has 0 amide bonds. The SMILES string of the molecule is CCOC(=O)CC(N)CC(=O)OCC.Cl.NC(CCO)CCO. The number of hydrogen-bond donors (Lipinski definition) is 4. The molecule has 140 valence electrons. The quantitative estimate of drug-likeness (QED) is 0.390. The maximum atomic E-state index is 10.9. The van der Waals surface area contributed by atoms with E-state index in [0.29, 0.717) is 26.1 Å². The molecular formula is C14H31ClN2O6. The molecule has 0 radical (unpaired) electrons. The van der Waals surface area contributed by atoms with Gasteiger partial charge in [0.1, 0.15) is 0 Å². The van der Waals surface area contributed by atoms with Crippen LogP contribution in [-0.2, 0) is 19.1 Å². The molecule has 0 aromatic carbocycles. The third-order valence-electron chi connectivity index (χ3n) is 2.47. The minimum atomic E-state index is -0.520. The van der Waals surface area contributed by atoms with Crippen molar-refractivity contribution < 1.29 is 29.3 Å². The van der Waals surface area contributed by atoms with E-state index in [-0.39, 0.29) is 56.4 Å². The summed E-state index contributed by atoms with van der Waals surface area (Å²) in [6, 6.07) is -0.557. The normalized spacial score (nSPS) is 9.74. The average molecular weight is 359 g/mol. The molecule has 0 bridgehead atoms. The van der Waals surface area contributed by atoms with Gasteiger partial charge in [0.2, 0.25) is 0 Å². The molecule has 0 aliphatic rings. The highest BCUT2D eigenvalue weighted by molar-refractivity contribution is 5.85. The number of hydrogen-bond acceptors (Lipinski definition) is 8. The van der Waals surface area contributed by atoms with Crippen LogP contribution in [0.15, 0.2) is 0 Å². The van der Waals surface area contributed by atoms with Crippen LogP contribution < -0.4 is 11.5 Å². The minimum absolute atomic E-state index is 0. The van der Waals surface area contributed by atoms with Crippen molar-refractivity contribution in [1.82, 2.24) is 0 Å². The maximum absolute atomic E-state index is 10.9. The maximum Gasteiger partial charge on any atom is 0.307 e. The van der Waals surface area contributed by atoms with Crippen molar-refractivity contribution >= 4 is 24.3 Å². The highest BCUT2D eigenvalue weighted by Crippen LogP contribution is 1.99. The van der Waals surface area contributed by atoms with Crippen LogP contribution in [0.2, 0.25) is 0 Å². The molecule has 8 nitrogen and oxygen atoms in total. The van der Waals surface area contributed by atoms with Gasteiger partial charge in [0.15, 0.2) is 0 Å². The Bertz CT molecular complexity index is 268. The second kappa shape index (κ2) is 19.1. The molecule has 0 fully saturated rings. The predicted octanol–water partition coefficient (Wildman–Crippen LogP) is -0.280. The fourth-order valence-electron chi connectivity index (χ4n) is 1.42. The lowest BCUT2D eigenvalue weighted by Gasteiger charge is -2.09. The lowest BCUT2D eigenvalue weighted by molar-refractivity contribution is -0.145. The topological polar surface area (TPSA) is 145 Å². The first-order chi connectivity index (χ1) is 10.4. The van der Waals surface area contributed by atoms with Crippen molar-refractivity contribution in [3.8, 4) is 0 Å². The van der Waals surface area contributed by atoms with Crippen molar-refractivity contribution in [3.63, 3.8) is 0 Å². The third-order valence-corrected chi connectivity index (χ3v) is 2.47. The fraction of sp³-hybridized carbons (Fsp3) is 0.857. The van der Waals surface area contributed by atoms with Crippen molar-refractivity contribution in [2.75, 3.05) is 26.4 Å². The van der Waals surface area contributed by atoms with Gasteiger partial charge in [-0.3, -0.25) is 9.59 Å². The van der Waals surface area contributed by atoms with E-state index in [9.17, 15) is 9.59 Å². The van der Waals surface area contributed by atoms with Crippen LogP contribution in [0.1, 0.15) is 39.5 Å². The summed E-state index contributed by atoms with van der Waals surface area (Å²) in [4.78, 5) is 21.9. The van der Waals surface area contributed by atoms with E-state index in [1.807, 2.05) is 0 Å². The molecule has 0 atom stereocenters. The van der Waals surface area contributed by atoms with Crippen LogP contribution in [-0.4, -0.2) is 60.7 Å². The molecule has 0 saturated carbocycles. The first kappa shape index (κ1) is 26.9. The summed E-state index contributed by atoms with van der Waals surface area (Å²) in [6.07, 6.45) is 1.26. The van der Waals surface area contributed by atoms with Gasteiger partial charge in [-0.15, -0.1) is 12.4 Å². The molecule has 0 aromatic rings. The molecule has 9 heteroatoms. The van der Waals surface area contributed by atoms with Crippen LogP contribution >= 0.6 is 12.4 Å².